The molecule has 1 aromatic carbocycles. The molecule has 2 nitrogen and oxygen atoms in total. The second-order valence-electron chi connectivity index (χ2n) is 4.39. The summed E-state index contributed by atoms with van der Waals surface area (Å²) in [6.07, 6.45) is 5.10. The number of carbonyl (C=O) groups excluding carboxylic acids is 1. The minimum Gasteiger partial charge on any atom is -0.326 e. The van der Waals surface area contributed by atoms with Crippen LogP contribution in [0.2, 0.25) is 0 Å². The van der Waals surface area contributed by atoms with Crippen molar-refractivity contribution >= 4 is 27.5 Å². The van der Waals surface area contributed by atoms with Gasteiger partial charge in [-0.1, -0.05) is 28.1 Å². The van der Waals surface area contributed by atoms with Gasteiger partial charge < -0.3 is 5.32 Å². The molecule has 0 unspecified atom stereocenters. The van der Waals surface area contributed by atoms with Crippen molar-refractivity contribution in [3.63, 3.8) is 0 Å². The van der Waals surface area contributed by atoms with Crippen LogP contribution in [0.1, 0.15) is 24.0 Å². The van der Waals surface area contributed by atoms with E-state index in [1.807, 2.05) is 6.07 Å². The Hall–Kier alpha value is -1.09. The van der Waals surface area contributed by atoms with Gasteiger partial charge in [0.15, 0.2) is 0 Å². The summed E-state index contributed by atoms with van der Waals surface area (Å²) in [6.45, 7) is 0. The number of benzene rings is 1. The first-order chi connectivity index (χ1) is 7.74. The molecule has 2 aliphatic carbocycles. The van der Waals surface area contributed by atoms with Crippen LogP contribution in [0.15, 0.2) is 28.7 Å². The maximum atomic E-state index is 11.7. The molecule has 1 saturated carbocycles. The number of hydrogen-bond acceptors (Lipinski definition) is 1. The lowest BCUT2D eigenvalue weighted by Crippen LogP contribution is -2.22. The normalized spacial score (nSPS) is 17.9. The van der Waals surface area contributed by atoms with Gasteiger partial charge in [0, 0.05) is 21.7 Å². The maximum absolute atomic E-state index is 11.7. The van der Waals surface area contributed by atoms with Crippen LogP contribution < -0.4 is 5.32 Å². The molecular weight excluding hydrogens is 266 g/mol. The van der Waals surface area contributed by atoms with Gasteiger partial charge in [0.1, 0.15) is 0 Å². The molecule has 1 fully saturated rings. The summed E-state index contributed by atoms with van der Waals surface area (Å²) in [5, 5.41) is 3.02. The van der Waals surface area contributed by atoms with E-state index >= 15 is 0 Å². The molecule has 0 spiro atoms. The average Bonchev–Trinajstić information content (AvgIpc) is 3.03. The summed E-state index contributed by atoms with van der Waals surface area (Å²) in [5.41, 5.74) is 3.43. The zero-order valence-electron chi connectivity index (χ0n) is 8.79. The third-order valence-corrected chi connectivity index (χ3v) is 3.58. The van der Waals surface area contributed by atoms with Crippen molar-refractivity contribution in [2.24, 2.45) is 5.92 Å². The molecule has 1 amide bonds. The monoisotopic (exact) mass is 277 g/mol. The summed E-state index contributed by atoms with van der Waals surface area (Å²) >= 11 is 3.46. The minimum absolute atomic E-state index is 0.182. The predicted octanol–water partition coefficient (Wildman–Crippen LogP) is 2.87. The number of allylic oxidation sites excluding steroid dienone is 1. The van der Waals surface area contributed by atoms with Crippen molar-refractivity contribution in [3.05, 3.63) is 39.9 Å². The summed E-state index contributed by atoms with van der Waals surface area (Å²) in [7, 11) is 0. The van der Waals surface area contributed by atoms with Crippen LogP contribution in [0.4, 0.5) is 0 Å². The van der Waals surface area contributed by atoms with Crippen molar-refractivity contribution in [2.45, 2.75) is 19.3 Å². The smallest absolute Gasteiger partial charge is 0.227 e. The number of halogens is 1. The molecule has 1 N–H and O–H groups in total. The summed E-state index contributed by atoms with van der Waals surface area (Å²) in [4.78, 5) is 11.7. The van der Waals surface area contributed by atoms with E-state index in [1.165, 1.54) is 5.56 Å². The second kappa shape index (κ2) is 3.74. The van der Waals surface area contributed by atoms with Gasteiger partial charge in [0.25, 0.3) is 0 Å². The number of hydrogen-bond donors (Lipinski definition) is 1. The molecule has 16 heavy (non-hydrogen) atoms. The Morgan fingerprint density at radius 2 is 2.19 bits per heavy atom. The van der Waals surface area contributed by atoms with Crippen molar-refractivity contribution in [1.29, 1.82) is 0 Å². The molecule has 1 aromatic rings. The molecule has 0 heterocycles. The lowest BCUT2D eigenvalue weighted by molar-refractivity contribution is -0.121. The molecule has 82 valence electrons. The van der Waals surface area contributed by atoms with Gasteiger partial charge in [0.2, 0.25) is 5.91 Å². The van der Waals surface area contributed by atoms with Crippen LogP contribution in [0.5, 0.6) is 0 Å². The van der Waals surface area contributed by atoms with Crippen LogP contribution in [0, 0.1) is 5.92 Å². The van der Waals surface area contributed by atoms with E-state index in [4.69, 9.17) is 0 Å². The van der Waals surface area contributed by atoms with Gasteiger partial charge >= 0.3 is 0 Å². The Kier molecular flexibility index (Phi) is 2.36. The van der Waals surface area contributed by atoms with Gasteiger partial charge in [-0.2, -0.15) is 0 Å². The standard InChI is InChI=1S/C13H12BrNO/c14-10-4-5-11-9(7-10)3-6-12(11)15-13(16)8-1-2-8/h4-8H,1-3H2,(H,15,16). The number of amides is 1. The fourth-order valence-corrected chi connectivity index (χ4v) is 2.42. The zero-order valence-corrected chi connectivity index (χ0v) is 10.4. The largest absolute Gasteiger partial charge is 0.326 e. The Labute approximate surface area is 103 Å². The first kappa shape index (κ1) is 10.1. The highest BCUT2D eigenvalue weighted by Gasteiger charge is 2.30. The quantitative estimate of drug-likeness (QED) is 0.885. The lowest BCUT2D eigenvalue weighted by Gasteiger charge is -2.07. The fraction of sp³-hybridized carbons (Fsp3) is 0.308. The van der Waals surface area contributed by atoms with Crippen LogP contribution in [-0.4, -0.2) is 5.91 Å². The Morgan fingerprint density at radius 1 is 1.38 bits per heavy atom. The van der Waals surface area contributed by atoms with E-state index < -0.39 is 0 Å². The van der Waals surface area contributed by atoms with Gasteiger partial charge in [0.05, 0.1) is 0 Å². The second-order valence-corrected chi connectivity index (χ2v) is 5.30. The van der Waals surface area contributed by atoms with Crippen molar-refractivity contribution in [1.82, 2.24) is 5.32 Å². The van der Waals surface area contributed by atoms with E-state index in [0.29, 0.717) is 0 Å². The minimum atomic E-state index is 0.182. The third kappa shape index (κ3) is 1.80. The van der Waals surface area contributed by atoms with E-state index in [9.17, 15) is 4.79 Å². The molecule has 0 aromatic heterocycles. The third-order valence-electron chi connectivity index (χ3n) is 3.09. The van der Waals surface area contributed by atoms with E-state index in [1.54, 1.807) is 0 Å². The first-order valence-corrected chi connectivity index (χ1v) is 6.33. The van der Waals surface area contributed by atoms with Crippen LogP contribution in [0.3, 0.4) is 0 Å². The SMILES string of the molecule is O=C(NC1=CCc2cc(Br)ccc21)C1CC1. The predicted molar refractivity (Wildman–Crippen MR) is 66.7 cm³/mol. The number of rotatable bonds is 2. The van der Waals surface area contributed by atoms with Crippen molar-refractivity contribution in [3.8, 4) is 0 Å². The number of fused-ring (bicyclic) bond motifs is 1. The van der Waals surface area contributed by atoms with Crippen molar-refractivity contribution < 1.29 is 4.79 Å². The van der Waals surface area contributed by atoms with Gasteiger partial charge in [-0.25, -0.2) is 0 Å². The number of carbonyl (C=O) groups is 1. The summed E-state index contributed by atoms with van der Waals surface area (Å²) in [6, 6.07) is 6.19. The molecule has 0 radical (unpaired) electrons. The zero-order chi connectivity index (χ0) is 11.1. The Bertz CT molecular complexity index is 489. The van der Waals surface area contributed by atoms with Crippen LogP contribution in [-0.2, 0) is 11.2 Å². The van der Waals surface area contributed by atoms with Gasteiger partial charge in [-0.15, -0.1) is 0 Å². The highest BCUT2D eigenvalue weighted by molar-refractivity contribution is 9.10. The topological polar surface area (TPSA) is 29.1 Å². The van der Waals surface area contributed by atoms with Gasteiger partial charge in [-0.3, -0.25) is 4.79 Å². The molecule has 0 aliphatic heterocycles. The number of nitrogens with one attached hydrogen (secondary N) is 1. The Balaban J connectivity index is 1.81. The summed E-state index contributed by atoms with van der Waals surface area (Å²) < 4.78 is 1.09. The van der Waals surface area contributed by atoms with Crippen LogP contribution >= 0.6 is 15.9 Å². The molecule has 3 heteroatoms. The first-order valence-electron chi connectivity index (χ1n) is 5.54. The molecule has 2 aliphatic rings. The van der Waals surface area contributed by atoms with Crippen molar-refractivity contribution in [2.75, 3.05) is 0 Å². The Morgan fingerprint density at radius 3 is 2.94 bits per heavy atom. The van der Waals surface area contributed by atoms with E-state index in [0.717, 1.165) is 35.0 Å². The molecular formula is C13H12BrNO. The fourth-order valence-electron chi connectivity index (χ4n) is 2.01. The van der Waals surface area contributed by atoms with E-state index in [2.05, 4.69) is 39.5 Å². The van der Waals surface area contributed by atoms with E-state index in [-0.39, 0.29) is 11.8 Å². The highest BCUT2D eigenvalue weighted by atomic mass is 79.9. The maximum Gasteiger partial charge on any atom is 0.227 e. The highest BCUT2D eigenvalue weighted by Crippen LogP contribution is 2.32. The van der Waals surface area contributed by atoms with Gasteiger partial charge in [-0.05, 0) is 37.0 Å². The summed E-state index contributed by atoms with van der Waals surface area (Å²) in [5.74, 6) is 0.447. The molecule has 0 saturated heterocycles. The average molecular weight is 278 g/mol. The molecule has 3 rings (SSSR count). The van der Waals surface area contributed by atoms with Crippen LogP contribution in [0.25, 0.3) is 5.70 Å². The molecule has 0 atom stereocenters. The lowest BCUT2D eigenvalue weighted by atomic mass is 10.1. The molecule has 0 bridgehead atoms.